The lowest BCUT2D eigenvalue weighted by Gasteiger charge is -2.19. The number of carbonyl (C=O) groups is 1. The summed E-state index contributed by atoms with van der Waals surface area (Å²) in [5.74, 6) is 7.53. The van der Waals surface area contributed by atoms with Gasteiger partial charge in [-0.2, -0.15) is 0 Å². The van der Waals surface area contributed by atoms with Crippen LogP contribution in [-0.2, 0) is 5.41 Å². The summed E-state index contributed by atoms with van der Waals surface area (Å²) in [6, 6.07) is 11.3. The highest BCUT2D eigenvalue weighted by molar-refractivity contribution is 5.99. The van der Waals surface area contributed by atoms with Crippen LogP contribution >= 0.6 is 0 Å². The number of carbonyl (C=O) groups excluding carboxylic acids is 1. The first-order chi connectivity index (χ1) is 19.1. The predicted octanol–water partition coefficient (Wildman–Crippen LogP) is 5.45. The molecule has 10 heteroatoms. The summed E-state index contributed by atoms with van der Waals surface area (Å²) in [5.41, 5.74) is 9.09. The Morgan fingerprint density at radius 3 is 2.70 bits per heavy atom. The molecule has 4 N–H and O–H groups in total. The van der Waals surface area contributed by atoms with Gasteiger partial charge in [-0.25, -0.2) is 15.2 Å². The highest BCUT2D eigenvalue weighted by Crippen LogP contribution is 2.25. The van der Waals surface area contributed by atoms with Crippen LogP contribution in [0.25, 0.3) is 5.65 Å². The van der Waals surface area contributed by atoms with E-state index < -0.39 is 6.03 Å². The van der Waals surface area contributed by atoms with Gasteiger partial charge in [-0.15, -0.1) is 0 Å². The summed E-state index contributed by atoms with van der Waals surface area (Å²) in [6.07, 6.45) is 5.80. The molecule has 206 valence electrons. The first kappa shape index (κ1) is 26.8. The van der Waals surface area contributed by atoms with E-state index in [9.17, 15) is 4.79 Å². The fourth-order valence-corrected chi connectivity index (χ4v) is 4.15. The van der Waals surface area contributed by atoms with Crippen molar-refractivity contribution < 1.29 is 9.32 Å². The Morgan fingerprint density at radius 2 is 1.98 bits per heavy atom. The number of hydrazine groups is 1. The van der Waals surface area contributed by atoms with E-state index in [1.54, 1.807) is 12.3 Å². The summed E-state index contributed by atoms with van der Waals surface area (Å²) in [7, 11) is 0. The Morgan fingerprint density at radius 1 is 1.15 bits per heavy atom. The van der Waals surface area contributed by atoms with Crippen LogP contribution < -0.4 is 21.4 Å². The van der Waals surface area contributed by atoms with Gasteiger partial charge in [0.05, 0.1) is 18.4 Å². The van der Waals surface area contributed by atoms with Gasteiger partial charge in [0.2, 0.25) is 0 Å². The number of benzene rings is 1. The molecule has 0 saturated carbocycles. The smallest absolute Gasteiger partial charge is 0.324 e. The number of rotatable bonds is 5. The van der Waals surface area contributed by atoms with Gasteiger partial charge < -0.3 is 20.2 Å². The van der Waals surface area contributed by atoms with Gasteiger partial charge in [-0.05, 0) is 56.5 Å². The number of pyridine rings is 1. The molecule has 1 aliphatic rings. The second kappa shape index (κ2) is 10.8. The molecule has 4 heterocycles. The Kier molecular flexibility index (Phi) is 7.24. The molecular formula is C30H34N8O2. The minimum atomic E-state index is -0.414. The predicted molar refractivity (Wildman–Crippen MR) is 157 cm³/mol. The first-order valence-corrected chi connectivity index (χ1v) is 13.2. The average molecular weight is 539 g/mol. The van der Waals surface area contributed by atoms with Crippen molar-refractivity contribution in [2.75, 3.05) is 22.5 Å². The largest absolute Gasteiger partial charge is 0.359 e. The SMILES string of the molecule is Cc1ccc(NC(=O)Nc2cc(C(C)(C)C)on2)cc1C#Cc1cnc2c(NC3=CN(C(C)C)NC3)cccn12. The van der Waals surface area contributed by atoms with Crippen LogP contribution in [0.1, 0.15) is 57.2 Å². The number of anilines is 3. The van der Waals surface area contributed by atoms with E-state index in [2.05, 4.69) is 68.4 Å². The number of nitrogens with zero attached hydrogens (tertiary/aromatic N) is 4. The molecule has 5 rings (SSSR count). The lowest BCUT2D eigenvalue weighted by Crippen LogP contribution is -2.34. The van der Waals surface area contributed by atoms with Crippen LogP contribution in [0.4, 0.5) is 22.0 Å². The molecule has 0 aliphatic carbocycles. The van der Waals surface area contributed by atoms with Gasteiger partial charge in [0.15, 0.2) is 11.5 Å². The molecule has 10 nitrogen and oxygen atoms in total. The van der Waals surface area contributed by atoms with E-state index in [4.69, 9.17) is 4.52 Å². The van der Waals surface area contributed by atoms with Gasteiger partial charge in [0.1, 0.15) is 11.5 Å². The topological polar surface area (TPSA) is 112 Å². The van der Waals surface area contributed by atoms with E-state index in [0.717, 1.165) is 40.4 Å². The second-order valence-corrected chi connectivity index (χ2v) is 11.1. The summed E-state index contributed by atoms with van der Waals surface area (Å²) in [4.78, 5) is 17.2. The van der Waals surface area contributed by atoms with Crippen LogP contribution in [0, 0.1) is 18.8 Å². The molecule has 40 heavy (non-hydrogen) atoms. The number of hydrogen-bond donors (Lipinski definition) is 4. The maximum Gasteiger partial charge on any atom is 0.324 e. The zero-order valence-electron chi connectivity index (χ0n) is 23.6. The van der Waals surface area contributed by atoms with E-state index in [1.807, 2.05) is 68.6 Å². The summed E-state index contributed by atoms with van der Waals surface area (Å²) >= 11 is 0. The lowest BCUT2D eigenvalue weighted by atomic mass is 9.93. The normalized spacial score (nSPS) is 13.3. The number of hydrogen-bond acceptors (Lipinski definition) is 7. The number of nitrogens with one attached hydrogen (secondary N) is 4. The van der Waals surface area contributed by atoms with Crippen LogP contribution in [0.5, 0.6) is 0 Å². The minimum Gasteiger partial charge on any atom is -0.359 e. The zero-order valence-corrected chi connectivity index (χ0v) is 23.6. The molecule has 0 fully saturated rings. The number of imidazole rings is 1. The van der Waals surface area contributed by atoms with Crippen molar-refractivity contribution in [1.82, 2.24) is 25.0 Å². The van der Waals surface area contributed by atoms with Crippen LogP contribution in [-0.4, -0.2) is 38.2 Å². The summed E-state index contributed by atoms with van der Waals surface area (Å²) < 4.78 is 7.30. The molecule has 0 atom stereocenters. The highest BCUT2D eigenvalue weighted by atomic mass is 16.5. The van der Waals surface area contributed by atoms with E-state index >= 15 is 0 Å². The average Bonchev–Trinajstić information content (AvgIpc) is 3.64. The first-order valence-electron chi connectivity index (χ1n) is 13.2. The third-order valence-electron chi connectivity index (χ3n) is 6.45. The molecule has 0 bridgehead atoms. The van der Waals surface area contributed by atoms with Crippen molar-refractivity contribution in [3.8, 4) is 11.8 Å². The van der Waals surface area contributed by atoms with Crippen molar-refractivity contribution >= 4 is 28.9 Å². The zero-order chi connectivity index (χ0) is 28.4. The second-order valence-electron chi connectivity index (χ2n) is 11.1. The van der Waals surface area contributed by atoms with E-state index in [-0.39, 0.29) is 5.41 Å². The number of urea groups is 1. The molecule has 1 aromatic carbocycles. The van der Waals surface area contributed by atoms with E-state index in [0.29, 0.717) is 23.3 Å². The monoisotopic (exact) mass is 538 g/mol. The van der Waals surface area contributed by atoms with Crippen molar-refractivity contribution in [3.63, 3.8) is 0 Å². The number of fused-ring (bicyclic) bond motifs is 1. The molecule has 2 amide bonds. The molecule has 0 unspecified atom stereocenters. The fraction of sp³-hybridized carbons (Fsp3) is 0.300. The van der Waals surface area contributed by atoms with Gasteiger partial charge in [-0.1, -0.05) is 37.9 Å². The quantitative estimate of drug-likeness (QED) is 0.250. The van der Waals surface area contributed by atoms with Crippen molar-refractivity contribution in [2.45, 2.75) is 53.0 Å². The molecule has 3 aromatic heterocycles. The Labute approximate surface area is 233 Å². The number of amides is 2. The maximum absolute atomic E-state index is 12.6. The van der Waals surface area contributed by atoms with Gasteiger partial charge >= 0.3 is 6.03 Å². The molecule has 1 aliphatic heterocycles. The van der Waals surface area contributed by atoms with Crippen LogP contribution in [0.3, 0.4) is 0 Å². The Balaban J connectivity index is 1.31. The third kappa shape index (κ3) is 5.95. The fourth-order valence-electron chi connectivity index (χ4n) is 4.15. The van der Waals surface area contributed by atoms with Crippen LogP contribution in [0.2, 0.25) is 0 Å². The highest BCUT2D eigenvalue weighted by Gasteiger charge is 2.20. The number of aromatic nitrogens is 3. The summed E-state index contributed by atoms with van der Waals surface area (Å²) in [6.45, 7) is 13.0. The standard InChI is InChI=1S/C30H34N8O2/c1-19(2)38-18-23(16-32-38)33-25-8-7-13-37-24(17-31-28(25)37)12-10-21-14-22(11-9-20(21)3)34-29(39)35-27-15-26(40-36-27)30(4,5)6/h7-9,11,13-15,17-19,32-33H,16H2,1-6H3,(H2,34,35,36,39). The molecule has 0 radical (unpaired) electrons. The maximum atomic E-state index is 12.6. The lowest BCUT2D eigenvalue weighted by molar-refractivity contribution is 0.250. The minimum absolute atomic E-state index is 0.201. The molecule has 0 saturated heterocycles. The molecule has 4 aromatic rings. The Hall–Kier alpha value is -4.75. The van der Waals surface area contributed by atoms with Gasteiger partial charge in [0.25, 0.3) is 0 Å². The van der Waals surface area contributed by atoms with Gasteiger partial charge in [0, 0.05) is 46.9 Å². The third-order valence-corrected chi connectivity index (χ3v) is 6.45. The van der Waals surface area contributed by atoms with E-state index in [1.165, 1.54) is 0 Å². The van der Waals surface area contributed by atoms with Crippen LogP contribution in [0.15, 0.2) is 65.2 Å². The van der Waals surface area contributed by atoms with Crippen molar-refractivity contribution in [3.05, 3.63) is 83.3 Å². The Bertz CT molecular complexity index is 1650. The molecular weight excluding hydrogens is 504 g/mol. The number of aryl methyl sites for hydroxylation is 1. The van der Waals surface area contributed by atoms with Crippen molar-refractivity contribution in [2.24, 2.45) is 0 Å². The molecule has 0 spiro atoms. The van der Waals surface area contributed by atoms with Gasteiger partial charge in [-0.3, -0.25) is 9.72 Å². The summed E-state index contributed by atoms with van der Waals surface area (Å²) in [5, 5.41) is 15.1. The van der Waals surface area contributed by atoms with Crippen molar-refractivity contribution in [1.29, 1.82) is 0 Å².